The molecule has 1 aliphatic rings. The molecule has 18 heavy (non-hydrogen) atoms. The third-order valence-corrected chi connectivity index (χ3v) is 3.36. The van der Waals surface area contributed by atoms with Gasteiger partial charge in [-0.05, 0) is 30.3 Å². The van der Waals surface area contributed by atoms with Crippen molar-refractivity contribution in [2.75, 3.05) is 18.1 Å². The second-order valence-electron chi connectivity index (χ2n) is 4.36. The predicted octanol–water partition coefficient (Wildman–Crippen LogP) is 3.74. The first kappa shape index (κ1) is 11.4. The molecule has 0 saturated heterocycles. The number of halogens is 1. The third-order valence-electron chi connectivity index (χ3n) is 3.12. The molecule has 0 spiro atoms. The van der Waals surface area contributed by atoms with Crippen LogP contribution in [0.1, 0.15) is 5.56 Å². The molecule has 0 atom stereocenters. The van der Waals surface area contributed by atoms with Crippen LogP contribution in [0.3, 0.4) is 0 Å². The van der Waals surface area contributed by atoms with Gasteiger partial charge in [0.25, 0.3) is 0 Å². The summed E-state index contributed by atoms with van der Waals surface area (Å²) in [6, 6.07) is 16.2. The van der Waals surface area contributed by atoms with E-state index in [1.807, 2.05) is 24.3 Å². The van der Waals surface area contributed by atoms with Crippen molar-refractivity contribution < 1.29 is 4.74 Å². The minimum absolute atomic E-state index is 0.698. The summed E-state index contributed by atoms with van der Waals surface area (Å²) in [5.74, 6) is 0.942. The fourth-order valence-electron chi connectivity index (χ4n) is 2.22. The maximum absolute atomic E-state index is 6.05. The maximum atomic E-state index is 6.05. The monoisotopic (exact) mass is 259 g/mol. The summed E-state index contributed by atoms with van der Waals surface area (Å²) in [6.07, 6.45) is 0. The Bertz CT molecular complexity index is 541. The molecule has 2 nitrogen and oxygen atoms in total. The van der Waals surface area contributed by atoms with Crippen molar-refractivity contribution in [2.24, 2.45) is 0 Å². The first-order valence-corrected chi connectivity index (χ1v) is 6.42. The van der Waals surface area contributed by atoms with E-state index in [0.717, 1.165) is 29.4 Å². The smallest absolute Gasteiger partial charge is 0.124 e. The van der Waals surface area contributed by atoms with Crippen LogP contribution in [0.5, 0.6) is 5.75 Å². The van der Waals surface area contributed by atoms with Crippen molar-refractivity contribution >= 4 is 17.3 Å². The van der Waals surface area contributed by atoms with Gasteiger partial charge in [-0.2, -0.15) is 0 Å². The van der Waals surface area contributed by atoms with E-state index in [1.54, 1.807) is 0 Å². The molecular weight excluding hydrogens is 246 g/mol. The van der Waals surface area contributed by atoms with Crippen molar-refractivity contribution in [2.45, 2.75) is 6.54 Å². The van der Waals surface area contributed by atoms with Crippen LogP contribution in [0.25, 0.3) is 0 Å². The van der Waals surface area contributed by atoms with Crippen molar-refractivity contribution in [1.29, 1.82) is 0 Å². The van der Waals surface area contributed by atoms with Gasteiger partial charge in [0.1, 0.15) is 12.4 Å². The normalized spacial score (nSPS) is 14.6. The van der Waals surface area contributed by atoms with Crippen LogP contribution in [0, 0.1) is 0 Å². The molecule has 3 rings (SSSR count). The van der Waals surface area contributed by atoms with Crippen molar-refractivity contribution in [1.82, 2.24) is 0 Å². The second-order valence-corrected chi connectivity index (χ2v) is 4.79. The number of hydrogen-bond acceptors (Lipinski definition) is 2. The lowest BCUT2D eigenvalue weighted by Crippen LogP contribution is -2.25. The Morgan fingerprint density at radius 3 is 2.72 bits per heavy atom. The Morgan fingerprint density at radius 1 is 1.06 bits per heavy atom. The first-order valence-electron chi connectivity index (χ1n) is 6.04. The zero-order chi connectivity index (χ0) is 12.4. The number of benzene rings is 2. The van der Waals surface area contributed by atoms with Crippen LogP contribution in [0.4, 0.5) is 5.69 Å². The standard InChI is InChI=1S/C15H14ClNO/c16-13-6-7-15-12(10-13)11-17(8-9-18-15)14-4-2-1-3-5-14/h1-7,10H,8-9,11H2. The maximum Gasteiger partial charge on any atom is 0.124 e. The topological polar surface area (TPSA) is 12.5 Å². The molecule has 0 aromatic heterocycles. The van der Waals surface area contributed by atoms with Gasteiger partial charge in [-0.1, -0.05) is 29.8 Å². The fourth-order valence-corrected chi connectivity index (χ4v) is 2.42. The van der Waals surface area contributed by atoms with Crippen molar-refractivity contribution in [3.63, 3.8) is 0 Å². The van der Waals surface area contributed by atoms with Gasteiger partial charge in [0.05, 0.1) is 6.54 Å². The van der Waals surface area contributed by atoms with E-state index in [-0.39, 0.29) is 0 Å². The zero-order valence-electron chi connectivity index (χ0n) is 9.97. The Kier molecular flexibility index (Phi) is 3.11. The second kappa shape index (κ2) is 4.91. The highest BCUT2D eigenvalue weighted by atomic mass is 35.5. The van der Waals surface area contributed by atoms with E-state index in [0.29, 0.717) is 6.61 Å². The van der Waals surface area contributed by atoms with Crippen LogP contribution < -0.4 is 9.64 Å². The Balaban J connectivity index is 1.92. The molecule has 1 aliphatic heterocycles. The number of ether oxygens (including phenoxy) is 1. The van der Waals surface area contributed by atoms with Gasteiger partial charge in [-0.3, -0.25) is 0 Å². The molecule has 0 N–H and O–H groups in total. The molecule has 0 radical (unpaired) electrons. The van der Waals surface area contributed by atoms with Gasteiger partial charge in [-0.15, -0.1) is 0 Å². The number of nitrogens with zero attached hydrogens (tertiary/aromatic N) is 1. The highest BCUT2D eigenvalue weighted by molar-refractivity contribution is 6.30. The largest absolute Gasteiger partial charge is 0.491 e. The molecular formula is C15H14ClNO. The number of anilines is 1. The van der Waals surface area contributed by atoms with E-state index in [2.05, 4.69) is 29.2 Å². The van der Waals surface area contributed by atoms with E-state index in [1.165, 1.54) is 5.69 Å². The third kappa shape index (κ3) is 2.29. The number of hydrogen-bond donors (Lipinski definition) is 0. The van der Waals surface area contributed by atoms with Gasteiger partial charge in [-0.25, -0.2) is 0 Å². The van der Waals surface area contributed by atoms with Gasteiger partial charge in [0.15, 0.2) is 0 Å². The Morgan fingerprint density at radius 2 is 1.89 bits per heavy atom. The molecule has 0 aliphatic carbocycles. The summed E-state index contributed by atoms with van der Waals surface area (Å²) in [4.78, 5) is 2.31. The van der Waals surface area contributed by atoms with Crippen molar-refractivity contribution in [3.05, 3.63) is 59.1 Å². The van der Waals surface area contributed by atoms with Gasteiger partial charge < -0.3 is 9.64 Å². The minimum Gasteiger partial charge on any atom is -0.491 e. The number of rotatable bonds is 1. The van der Waals surface area contributed by atoms with E-state index in [4.69, 9.17) is 16.3 Å². The minimum atomic E-state index is 0.698. The van der Waals surface area contributed by atoms with Gasteiger partial charge >= 0.3 is 0 Å². The average molecular weight is 260 g/mol. The molecule has 0 saturated carbocycles. The molecule has 0 unspecified atom stereocenters. The fraction of sp³-hybridized carbons (Fsp3) is 0.200. The van der Waals surface area contributed by atoms with E-state index in [9.17, 15) is 0 Å². The summed E-state index contributed by atoms with van der Waals surface area (Å²) in [7, 11) is 0. The SMILES string of the molecule is Clc1ccc2c(c1)CN(c1ccccc1)CCO2. The zero-order valence-corrected chi connectivity index (χ0v) is 10.7. The highest BCUT2D eigenvalue weighted by Crippen LogP contribution is 2.28. The molecule has 1 heterocycles. The van der Waals surface area contributed by atoms with Crippen LogP contribution in [0.2, 0.25) is 5.02 Å². The van der Waals surface area contributed by atoms with Crippen LogP contribution in [0.15, 0.2) is 48.5 Å². The Hall–Kier alpha value is -1.67. The van der Waals surface area contributed by atoms with Crippen LogP contribution in [-0.2, 0) is 6.54 Å². The van der Waals surface area contributed by atoms with Gasteiger partial charge in [0.2, 0.25) is 0 Å². The molecule has 3 heteroatoms. The molecule has 0 amide bonds. The quantitative estimate of drug-likeness (QED) is 0.774. The molecule has 2 aromatic carbocycles. The lowest BCUT2D eigenvalue weighted by atomic mass is 10.2. The lowest BCUT2D eigenvalue weighted by molar-refractivity contribution is 0.331. The summed E-state index contributed by atoms with van der Waals surface area (Å²) < 4.78 is 5.75. The summed E-state index contributed by atoms with van der Waals surface area (Å²) >= 11 is 6.05. The average Bonchev–Trinajstić information content (AvgIpc) is 2.61. The lowest BCUT2D eigenvalue weighted by Gasteiger charge is -2.21. The van der Waals surface area contributed by atoms with Crippen molar-refractivity contribution in [3.8, 4) is 5.75 Å². The Labute approximate surface area is 112 Å². The highest BCUT2D eigenvalue weighted by Gasteiger charge is 2.15. The molecule has 0 fully saturated rings. The summed E-state index contributed by atoms with van der Waals surface area (Å²) in [5.41, 5.74) is 2.36. The van der Waals surface area contributed by atoms with E-state index >= 15 is 0 Å². The van der Waals surface area contributed by atoms with E-state index < -0.39 is 0 Å². The molecule has 0 bridgehead atoms. The van der Waals surface area contributed by atoms with Crippen LogP contribution in [-0.4, -0.2) is 13.2 Å². The van der Waals surface area contributed by atoms with Gasteiger partial charge in [0, 0.05) is 22.8 Å². The predicted molar refractivity (Wildman–Crippen MR) is 74.4 cm³/mol. The van der Waals surface area contributed by atoms with Crippen LogP contribution >= 0.6 is 11.6 Å². The summed E-state index contributed by atoms with van der Waals surface area (Å²) in [5, 5.41) is 0.757. The molecule has 2 aromatic rings. The summed E-state index contributed by atoms with van der Waals surface area (Å²) in [6.45, 7) is 2.42. The molecule has 92 valence electrons. The number of fused-ring (bicyclic) bond motifs is 1. The first-order chi connectivity index (χ1) is 8.83. The number of para-hydroxylation sites is 1.